The summed E-state index contributed by atoms with van der Waals surface area (Å²) in [7, 11) is 0. The molecule has 0 fully saturated rings. The fraction of sp³-hybridized carbons (Fsp3) is 0.857. The van der Waals surface area contributed by atoms with Crippen LogP contribution in [0.3, 0.4) is 0 Å². The van der Waals surface area contributed by atoms with Crippen molar-refractivity contribution >= 4 is 0 Å². The number of rotatable bonds is 8. The number of nitrogens with two attached hydrogens (primary N) is 1. The first-order valence-corrected chi connectivity index (χ1v) is 7.06. The summed E-state index contributed by atoms with van der Waals surface area (Å²) in [6.07, 6.45) is 1.81. The zero-order valence-electron chi connectivity index (χ0n) is 12.8. The van der Waals surface area contributed by atoms with Gasteiger partial charge in [0.25, 0.3) is 0 Å². The van der Waals surface area contributed by atoms with E-state index < -0.39 is 5.60 Å². The smallest absolute Gasteiger partial charge is 0.227 e. The lowest BCUT2D eigenvalue weighted by Crippen LogP contribution is -2.23. The molecule has 1 rings (SSSR count). The Kier molecular flexibility index (Phi) is 5.94. The Hall–Kier alpha value is -0.940. The lowest BCUT2D eigenvalue weighted by molar-refractivity contribution is -0.0221. The van der Waals surface area contributed by atoms with Gasteiger partial charge in [0.05, 0.1) is 0 Å². The summed E-state index contributed by atoms with van der Waals surface area (Å²) in [6.45, 7) is 11.5. The average Bonchev–Trinajstić information content (AvgIpc) is 2.76. The van der Waals surface area contributed by atoms with E-state index in [4.69, 9.17) is 15.0 Å². The summed E-state index contributed by atoms with van der Waals surface area (Å²) in [5.74, 6) is 2.27. The van der Waals surface area contributed by atoms with Crippen LogP contribution in [0.1, 0.15) is 52.8 Å². The predicted octanol–water partition coefficient (Wildman–Crippen LogP) is 2.50. The van der Waals surface area contributed by atoms with Crippen LogP contribution in [0.5, 0.6) is 0 Å². The third-order valence-corrected chi connectivity index (χ3v) is 3.11. The van der Waals surface area contributed by atoms with E-state index in [-0.39, 0.29) is 0 Å². The highest BCUT2D eigenvalue weighted by Crippen LogP contribution is 2.23. The van der Waals surface area contributed by atoms with Crippen LogP contribution in [0.15, 0.2) is 4.52 Å². The molecule has 2 N–H and O–H groups in total. The molecule has 0 saturated carbocycles. The molecule has 19 heavy (non-hydrogen) atoms. The van der Waals surface area contributed by atoms with E-state index >= 15 is 0 Å². The molecule has 1 atom stereocenters. The molecule has 1 aromatic heterocycles. The third kappa shape index (κ3) is 4.91. The minimum absolute atomic E-state index is 0.392. The Morgan fingerprint density at radius 2 is 2.05 bits per heavy atom. The van der Waals surface area contributed by atoms with E-state index in [2.05, 4.69) is 24.0 Å². The van der Waals surface area contributed by atoms with Crippen LogP contribution in [-0.2, 0) is 16.8 Å². The van der Waals surface area contributed by atoms with Crippen molar-refractivity contribution in [3.05, 3.63) is 11.7 Å². The molecule has 0 bridgehead atoms. The number of aromatic nitrogens is 2. The van der Waals surface area contributed by atoms with Crippen molar-refractivity contribution in [3.63, 3.8) is 0 Å². The van der Waals surface area contributed by atoms with Gasteiger partial charge in [-0.2, -0.15) is 4.98 Å². The maximum absolute atomic E-state index is 5.79. The molecule has 0 spiro atoms. The Bertz CT molecular complexity index is 375. The van der Waals surface area contributed by atoms with Gasteiger partial charge in [-0.05, 0) is 45.6 Å². The van der Waals surface area contributed by atoms with Gasteiger partial charge in [0.2, 0.25) is 11.7 Å². The molecule has 0 aliphatic heterocycles. The van der Waals surface area contributed by atoms with Crippen molar-refractivity contribution in [2.45, 2.75) is 53.1 Å². The van der Waals surface area contributed by atoms with E-state index in [1.165, 1.54) is 0 Å². The van der Waals surface area contributed by atoms with Crippen molar-refractivity contribution in [2.75, 3.05) is 13.2 Å². The highest BCUT2D eigenvalue weighted by Gasteiger charge is 2.27. The van der Waals surface area contributed by atoms with Crippen LogP contribution < -0.4 is 5.73 Å². The van der Waals surface area contributed by atoms with Crippen LogP contribution in [-0.4, -0.2) is 23.3 Å². The Morgan fingerprint density at radius 1 is 1.37 bits per heavy atom. The molecule has 0 radical (unpaired) electrons. The highest BCUT2D eigenvalue weighted by atomic mass is 16.5. The summed E-state index contributed by atoms with van der Waals surface area (Å²) >= 11 is 0. The first kappa shape index (κ1) is 16.1. The standard InChI is InChI=1S/C14H27N3O2/c1-6-18-14(4,5)13-16-12(19-17-13)8-11(9-15)7-10(2)3/h10-11H,6-9,15H2,1-5H3/t11-/m0/s1. The average molecular weight is 269 g/mol. The van der Waals surface area contributed by atoms with Gasteiger partial charge in [-0.15, -0.1) is 0 Å². The molecule has 5 heteroatoms. The first-order valence-electron chi connectivity index (χ1n) is 7.06. The van der Waals surface area contributed by atoms with Gasteiger partial charge in [0, 0.05) is 13.0 Å². The molecule has 0 aromatic carbocycles. The molecule has 1 heterocycles. The second-order valence-corrected chi connectivity index (χ2v) is 5.89. The SMILES string of the molecule is CCOC(C)(C)c1noc(C[C@@H](CN)CC(C)C)n1. The minimum Gasteiger partial charge on any atom is -0.368 e. The van der Waals surface area contributed by atoms with E-state index in [9.17, 15) is 0 Å². The zero-order valence-corrected chi connectivity index (χ0v) is 12.8. The fourth-order valence-electron chi connectivity index (χ4n) is 2.18. The summed E-state index contributed by atoms with van der Waals surface area (Å²) in [5.41, 5.74) is 5.29. The van der Waals surface area contributed by atoms with Crippen molar-refractivity contribution in [1.29, 1.82) is 0 Å². The summed E-state index contributed by atoms with van der Waals surface area (Å²) < 4.78 is 10.9. The van der Waals surface area contributed by atoms with Crippen molar-refractivity contribution < 1.29 is 9.26 Å². The number of ether oxygens (including phenoxy) is 1. The molecule has 5 nitrogen and oxygen atoms in total. The van der Waals surface area contributed by atoms with Gasteiger partial charge in [0.1, 0.15) is 5.60 Å². The second kappa shape index (κ2) is 7.01. The van der Waals surface area contributed by atoms with Crippen molar-refractivity contribution in [1.82, 2.24) is 10.1 Å². The van der Waals surface area contributed by atoms with Gasteiger partial charge in [-0.1, -0.05) is 19.0 Å². The molecule has 110 valence electrons. The summed E-state index contributed by atoms with van der Waals surface area (Å²) in [6, 6.07) is 0. The highest BCUT2D eigenvalue weighted by molar-refractivity contribution is 4.98. The van der Waals surface area contributed by atoms with E-state index in [1.54, 1.807) is 0 Å². The van der Waals surface area contributed by atoms with Gasteiger partial charge in [-0.3, -0.25) is 0 Å². The topological polar surface area (TPSA) is 74.2 Å². The lowest BCUT2D eigenvalue weighted by Gasteiger charge is -2.19. The van der Waals surface area contributed by atoms with Gasteiger partial charge in [0.15, 0.2) is 0 Å². The Balaban J connectivity index is 2.68. The zero-order chi connectivity index (χ0) is 14.5. The normalized spacial score (nSPS) is 14.1. The molecule has 0 amide bonds. The van der Waals surface area contributed by atoms with Crippen molar-refractivity contribution in [2.24, 2.45) is 17.6 Å². The fourth-order valence-corrected chi connectivity index (χ4v) is 2.18. The molecule has 1 aromatic rings. The molecular weight excluding hydrogens is 242 g/mol. The second-order valence-electron chi connectivity index (χ2n) is 5.89. The number of hydrogen-bond acceptors (Lipinski definition) is 5. The Morgan fingerprint density at radius 3 is 2.58 bits per heavy atom. The molecule has 0 aliphatic rings. The summed E-state index contributed by atoms with van der Waals surface area (Å²) in [4.78, 5) is 4.44. The molecule has 0 saturated heterocycles. The number of nitrogens with zero attached hydrogens (tertiary/aromatic N) is 2. The van der Waals surface area contributed by atoms with Gasteiger partial charge >= 0.3 is 0 Å². The molecule has 0 aliphatic carbocycles. The first-order chi connectivity index (χ1) is 8.89. The molecular formula is C14H27N3O2. The van der Waals surface area contributed by atoms with E-state index in [0.717, 1.165) is 12.8 Å². The maximum atomic E-state index is 5.79. The largest absolute Gasteiger partial charge is 0.368 e. The van der Waals surface area contributed by atoms with E-state index in [1.807, 2.05) is 20.8 Å². The van der Waals surface area contributed by atoms with Gasteiger partial charge < -0.3 is 15.0 Å². The summed E-state index contributed by atoms with van der Waals surface area (Å²) in [5, 5.41) is 4.02. The number of hydrogen-bond donors (Lipinski definition) is 1. The predicted molar refractivity (Wildman–Crippen MR) is 74.7 cm³/mol. The van der Waals surface area contributed by atoms with Crippen LogP contribution in [0, 0.1) is 11.8 Å². The monoisotopic (exact) mass is 269 g/mol. The Labute approximate surface area is 115 Å². The maximum Gasteiger partial charge on any atom is 0.227 e. The molecule has 0 unspecified atom stereocenters. The quantitative estimate of drug-likeness (QED) is 0.785. The van der Waals surface area contributed by atoms with E-state index in [0.29, 0.717) is 36.7 Å². The van der Waals surface area contributed by atoms with Crippen LogP contribution in [0.25, 0.3) is 0 Å². The van der Waals surface area contributed by atoms with Crippen LogP contribution in [0.4, 0.5) is 0 Å². The lowest BCUT2D eigenvalue weighted by atomic mass is 9.94. The van der Waals surface area contributed by atoms with Gasteiger partial charge in [-0.25, -0.2) is 0 Å². The van der Waals surface area contributed by atoms with Crippen LogP contribution >= 0.6 is 0 Å². The van der Waals surface area contributed by atoms with Crippen LogP contribution in [0.2, 0.25) is 0 Å². The third-order valence-electron chi connectivity index (χ3n) is 3.11. The minimum atomic E-state index is -0.507. The van der Waals surface area contributed by atoms with Crippen molar-refractivity contribution in [3.8, 4) is 0 Å².